The standard InChI is InChI=1S/C30H44N2O4/c1-29(2,27(33)23-17-11-13-19-25(23)35-7)31(5)21-15-9-10-16-22-32(6)30(3,4)28(34)24-18-12-14-20-26(24)36-8/h11-14,17-20H,9-10,15-16,21-22H2,1-8H3. The van der Waals surface area contributed by atoms with E-state index in [0.29, 0.717) is 22.6 Å². The zero-order valence-electron chi connectivity index (χ0n) is 23.4. The predicted molar refractivity (Wildman–Crippen MR) is 147 cm³/mol. The molecule has 0 saturated carbocycles. The van der Waals surface area contributed by atoms with Crippen molar-refractivity contribution in [3.05, 3.63) is 59.7 Å². The fraction of sp³-hybridized carbons (Fsp3) is 0.533. The maximum atomic E-state index is 13.2. The molecule has 36 heavy (non-hydrogen) atoms. The minimum Gasteiger partial charge on any atom is -0.496 e. The van der Waals surface area contributed by atoms with Gasteiger partial charge < -0.3 is 9.47 Å². The normalized spacial score (nSPS) is 12.2. The SMILES string of the molecule is COc1ccccc1C(=O)C(C)(C)N(C)CCCCCCN(C)C(C)(C)C(=O)c1ccccc1OC. The number of nitrogens with zero attached hydrogens (tertiary/aromatic N) is 2. The Hall–Kier alpha value is -2.70. The van der Waals surface area contributed by atoms with Gasteiger partial charge in [-0.05, 0) is 92.0 Å². The van der Waals surface area contributed by atoms with E-state index in [0.717, 1.165) is 38.8 Å². The summed E-state index contributed by atoms with van der Waals surface area (Å²) in [4.78, 5) is 30.7. The molecule has 0 unspecified atom stereocenters. The van der Waals surface area contributed by atoms with Crippen LogP contribution in [-0.2, 0) is 0 Å². The predicted octanol–water partition coefficient (Wildman–Crippen LogP) is 5.75. The van der Waals surface area contributed by atoms with Gasteiger partial charge in [0.1, 0.15) is 11.5 Å². The van der Waals surface area contributed by atoms with E-state index in [1.165, 1.54) is 0 Å². The molecule has 0 spiro atoms. The topological polar surface area (TPSA) is 59.1 Å². The molecule has 2 aromatic carbocycles. The summed E-state index contributed by atoms with van der Waals surface area (Å²) in [5.41, 5.74) is -0.0227. The molecule has 6 heteroatoms. The minimum atomic E-state index is -0.627. The van der Waals surface area contributed by atoms with Crippen molar-refractivity contribution < 1.29 is 19.1 Å². The highest BCUT2D eigenvalue weighted by Gasteiger charge is 2.35. The Balaban J connectivity index is 1.81. The van der Waals surface area contributed by atoms with E-state index >= 15 is 0 Å². The van der Waals surface area contributed by atoms with Crippen LogP contribution < -0.4 is 9.47 Å². The second kappa shape index (κ2) is 13.0. The molecule has 0 aliphatic carbocycles. The molecule has 2 rings (SSSR count). The Labute approximate surface area is 217 Å². The molecular weight excluding hydrogens is 452 g/mol. The number of hydrogen-bond donors (Lipinski definition) is 0. The van der Waals surface area contributed by atoms with E-state index in [1.54, 1.807) is 14.2 Å². The number of benzene rings is 2. The highest BCUT2D eigenvalue weighted by atomic mass is 16.5. The van der Waals surface area contributed by atoms with Crippen molar-refractivity contribution in [2.75, 3.05) is 41.4 Å². The van der Waals surface area contributed by atoms with Gasteiger partial charge >= 0.3 is 0 Å². The lowest BCUT2D eigenvalue weighted by Crippen LogP contribution is -2.48. The summed E-state index contributed by atoms with van der Waals surface area (Å²) in [5, 5.41) is 0. The number of likely N-dealkylation sites (N-methyl/N-ethyl adjacent to an activating group) is 2. The van der Waals surface area contributed by atoms with Gasteiger partial charge in [-0.3, -0.25) is 19.4 Å². The number of para-hydroxylation sites is 2. The largest absolute Gasteiger partial charge is 0.496 e. The van der Waals surface area contributed by atoms with Crippen LogP contribution in [-0.4, -0.2) is 73.8 Å². The van der Waals surface area contributed by atoms with Gasteiger partial charge in [0, 0.05) is 0 Å². The number of rotatable bonds is 15. The first kappa shape index (κ1) is 29.5. The molecule has 0 aliphatic rings. The van der Waals surface area contributed by atoms with Crippen LogP contribution in [0.5, 0.6) is 11.5 Å². The zero-order valence-corrected chi connectivity index (χ0v) is 23.4. The van der Waals surface area contributed by atoms with Gasteiger partial charge in [-0.2, -0.15) is 0 Å². The molecule has 0 fully saturated rings. The van der Waals surface area contributed by atoms with Crippen LogP contribution in [0.15, 0.2) is 48.5 Å². The lowest BCUT2D eigenvalue weighted by atomic mass is 9.90. The maximum absolute atomic E-state index is 13.2. The average molecular weight is 497 g/mol. The van der Waals surface area contributed by atoms with E-state index < -0.39 is 11.1 Å². The summed E-state index contributed by atoms with van der Waals surface area (Å²) in [7, 11) is 7.20. The van der Waals surface area contributed by atoms with Gasteiger partial charge in [0.2, 0.25) is 0 Å². The first-order valence-corrected chi connectivity index (χ1v) is 12.8. The molecule has 0 saturated heterocycles. The van der Waals surface area contributed by atoms with E-state index in [9.17, 15) is 9.59 Å². The summed E-state index contributed by atoms with van der Waals surface area (Å²) >= 11 is 0. The Kier molecular flexibility index (Phi) is 10.7. The fourth-order valence-electron chi connectivity index (χ4n) is 4.28. The third kappa shape index (κ3) is 6.95. The average Bonchev–Trinajstić information content (AvgIpc) is 2.88. The van der Waals surface area contributed by atoms with Gasteiger partial charge in [0.05, 0.1) is 36.4 Å². The van der Waals surface area contributed by atoms with Crippen LogP contribution >= 0.6 is 0 Å². The summed E-state index contributed by atoms with van der Waals surface area (Å²) in [6.45, 7) is 9.55. The van der Waals surface area contributed by atoms with Crippen LogP contribution in [0.4, 0.5) is 0 Å². The van der Waals surface area contributed by atoms with Gasteiger partial charge in [0.25, 0.3) is 0 Å². The van der Waals surface area contributed by atoms with E-state index in [2.05, 4.69) is 9.80 Å². The molecule has 6 nitrogen and oxygen atoms in total. The molecule has 0 atom stereocenters. The Morgan fingerprint density at radius 3 is 1.31 bits per heavy atom. The van der Waals surface area contributed by atoms with Crippen molar-refractivity contribution in [3.8, 4) is 11.5 Å². The van der Waals surface area contributed by atoms with Gasteiger partial charge in [-0.25, -0.2) is 0 Å². The number of hydrogen-bond acceptors (Lipinski definition) is 6. The van der Waals surface area contributed by atoms with Crippen LogP contribution in [0.25, 0.3) is 0 Å². The monoisotopic (exact) mass is 496 g/mol. The molecule has 0 aliphatic heterocycles. The molecule has 0 heterocycles. The second-order valence-electron chi connectivity index (χ2n) is 10.4. The molecule has 0 aromatic heterocycles. The van der Waals surface area contributed by atoms with Crippen molar-refractivity contribution in [1.82, 2.24) is 9.80 Å². The fourth-order valence-corrected chi connectivity index (χ4v) is 4.28. The van der Waals surface area contributed by atoms with E-state index in [4.69, 9.17) is 9.47 Å². The smallest absolute Gasteiger partial charge is 0.186 e. The summed E-state index contributed by atoms with van der Waals surface area (Å²) in [6, 6.07) is 14.8. The molecule has 2 aromatic rings. The molecule has 0 N–H and O–H groups in total. The van der Waals surface area contributed by atoms with Crippen LogP contribution in [0.3, 0.4) is 0 Å². The van der Waals surface area contributed by atoms with Crippen molar-refractivity contribution in [1.29, 1.82) is 0 Å². The van der Waals surface area contributed by atoms with E-state index in [1.807, 2.05) is 90.3 Å². The van der Waals surface area contributed by atoms with Crippen LogP contribution in [0.2, 0.25) is 0 Å². The Morgan fingerprint density at radius 1 is 0.639 bits per heavy atom. The highest BCUT2D eigenvalue weighted by molar-refractivity contribution is 6.05. The molecule has 198 valence electrons. The lowest BCUT2D eigenvalue weighted by molar-refractivity contribution is 0.0687. The first-order valence-electron chi connectivity index (χ1n) is 12.8. The summed E-state index contributed by atoms with van der Waals surface area (Å²) < 4.78 is 10.8. The number of carbonyl (C=O) groups excluding carboxylic acids is 2. The van der Waals surface area contributed by atoms with Crippen molar-refractivity contribution in [3.63, 3.8) is 0 Å². The summed E-state index contributed by atoms with van der Waals surface area (Å²) in [6.07, 6.45) is 4.15. The third-order valence-electron chi connectivity index (χ3n) is 7.46. The summed E-state index contributed by atoms with van der Waals surface area (Å²) in [5.74, 6) is 1.34. The zero-order chi connectivity index (χ0) is 26.9. The van der Waals surface area contributed by atoms with E-state index in [-0.39, 0.29) is 11.6 Å². The highest BCUT2D eigenvalue weighted by Crippen LogP contribution is 2.27. The van der Waals surface area contributed by atoms with Gasteiger partial charge in [0.15, 0.2) is 11.6 Å². The number of Topliss-reactive ketones (excluding diaryl/α,β-unsaturated/α-hetero) is 2. The molecule has 0 radical (unpaired) electrons. The lowest BCUT2D eigenvalue weighted by Gasteiger charge is -2.35. The van der Waals surface area contributed by atoms with Crippen LogP contribution in [0, 0.1) is 0 Å². The Bertz CT molecular complexity index is 934. The van der Waals surface area contributed by atoms with Gasteiger partial charge in [-0.1, -0.05) is 37.1 Å². The van der Waals surface area contributed by atoms with Gasteiger partial charge in [-0.15, -0.1) is 0 Å². The third-order valence-corrected chi connectivity index (χ3v) is 7.46. The number of carbonyl (C=O) groups is 2. The number of ketones is 2. The number of unbranched alkanes of at least 4 members (excludes halogenated alkanes) is 3. The van der Waals surface area contributed by atoms with Crippen molar-refractivity contribution in [2.24, 2.45) is 0 Å². The first-order chi connectivity index (χ1) is 17.0. The number of methoxy groups -OCH3 is 2. The molecule has 0 bridgehead atoms. The van der Waals surface area contributed by atoms with Crippen molar-refractivity contribution in [2.45, 2.75) is 64.5 Å². The molecular formula is C30H44N2O4. The van der Waals surface area contributed by atoms with Crippen LogP contribution in [0.1, 0.15) is 74.1 Å². The van der Waals surface area contributed by atoms with Crippen molar-refractivity contribution >= 4 is 11.6 Å². The second-order valence-corrected chi connectivity index (χ2v) is 10.4. The number of ether oxygens (including phenoxy) is 2. The molecule has 0 amide bonds. The Morgan fingerprint density at radius 2 is 0.972 bits per heavy atom. The quantitative estimate of drug-likeness (QED) is 0.231. The maximum Gasteiger partial charge on any atom is 0.186 e. The minimum absolute atomic E-state index is 0.0611.